The summed E-state index contributed by atoms with van der Waals surface area (Å²) in [5.41, 5.74) is 0. The van der Waals surface area contributed by atoms with Gasteiger partial charge < -0.3 is 13.9 Å². The van der Waals surface area contributed by atoms with Crippen LogP contribution >= 0.6 is 28.3 Å². The van der Waals surface area contributed by atoms with Gasteiger partial charge in [0.05, 0.1) is 6.61 Å². The van der Waals surface area contributed by atoms with Gasteiger partial charge in [-0.25, -0.2) is 0 Å². The van der Waals surface area contributed by atoms with E-state index in [1.165, 1.54) is 7.11 Å². The molecule has 0 aromatic carbocycles. The first-order chi connectivity index (χ1) is 10.9. The summed E-state index contributed by atoms with van der Waals surface area (Å²) in [5, 5.41) is 0. The standard InChI is InChI=1S/C11H22NO6PS3.Po/c1-16-19(15,20)18-7-3-9-22-21-8-2-6-17-11(14)5-4-10(12)13;/h2-9H2,1H3,(H3,12,13,15,20);/q;+1/p-1. The first kappa shape index (κ1) is 24.1. The molecular formula is C11H21NO6PPoS3. The third kappa shape index (κ3) is 16.3. The fourth-order valence-corrected chi connectivity index (χ4v) is 4.32. The van der Waals surface area contributed by atoms with Crippen LogP contribution in [0.1, 0.15) is 25.7 Å². The van der Waals surface area contributed by atoms with Crippen molar-refractivity contribution in [1.29, 1.82) is 0 Å². The molecule has 0 bridgehead atoms. The molecule has 1 unspecified atom stereocenters. The molecule has 0 aliphatic carbocycles. The van der Waals surface area contributed by atoms with Crippen LogP contribution < -0.4 is 3.22 Å². The van der Waals surface area contributed by atoms with Crippen LogP contribution in [0.2, 0.25) is 0 Å². The van der Waals surface area contributed by atoms with Crippen LogP contribution in [0.5, 0.6) is 0 Å². The predicted octanol–water partition coefficient (Wildman–Crippen LogP) is 1.55. The number of ether oxygens (including phenoxy) is 1. The van der Waals surface area contributed by atoms with Crippen molar-refractivity contribution in [2.24, 2.45) is 0 Å². The molecule has 0 aliphatic heterocycles. The third-order valence-electron chi connectivity index (χ3n) is 2.25. The first-order valence-corrected chi connectivity index (χ1v) is 13.4. The van der Waals surface area contributed by atoms with Crippen molar-refractivity contribution in [3.8, 4) is 0 Å². The van der Waals surface area contributed by atoms with Crippen LogP contribution in [0.3, 0.4) is 0 Å². The van der Waals surface area contributed by atoms with Crippen molar-refractivity contribution in [2.45, 2.75) is 25.7 Å². The minimum atomic E-state index is -3.02. The molecule has 0 fully saturated rings. The molecule has 0 rings (SSSR count). The van der Waals surface area contributed by atoms with Gasteiger partial charge in [0.15, 0.2) is 0 Å². The second-order valence-corrected chi connectivity index (χ2v) is 10.5. The Hall–Kier alpha value is 1.07. The second-order valence-electron chi connectivity index (χ2n) is 4.08. The Balaban J connectivity index is 3.32. The van der Waals surface area contributed by atoms with E-state index in [0.29, 0.717) is 13.2 Å². The minimum absolute atomic E-state index is 0.125. The Morgan fingerprint density at radius 2 is 1.83 bits per heavy atom. The fraction of sp³-hybridized carbons (Fsp3) is 0.818. The van der Waals surface area contributed by atoms with E-state index in [-0.39, 0.29) is 24.7 Å². The summed E-state index contributed by atoms with van der Waals surface area (Å²) in [6, 6.07) is 0. The van der Waals surface area contributed by atoms with E-state index in [1.54, 1.807) is 21.6 Å². The number of carbonyl (C=O) groups is 2. The summed E-state index contributed by atoms with van der Waals surface area (Å²) in [5.74, 6) is 1.27. The number of amides is 1. The molecule has 135 valence electrons. The van der Waals surface area contributed by atoms with E-state index < -0.39 is 6.72 Å². The van der Waals surface area contributed by atoms with E-state index in [0.717, 1.165) is 49.7 Å². The van der Waals surface area contributed by atoms with Crippen LogP contribution in [0, 0.1) is 0 Å². The normalized spacial score (nSPS) is 13.3. The summed E-state index contributed by atoms with van der Waals surface area (Å²) < 4.78 is 17.3. The maximum absolute atomic E-state index is 11.3. The SMILES string of the molecule is COP(O)(=S)OCCCSSCCCOC(=O)CCC(=O)[NH][Po]. The molecule has 0 saturated carbocycles. The average molecular weight is 599 g/mol. The molecule has 12 heteroatoms. The Morgan fingerprint density at radius 1 is 1.22 bits per heavy atom. The summed E-state index contributed by atoms with van der Waals surface area (Å²) in [6.07, 6.45) is 1.85. The molecule has 2 N–H and O–H groups in total. The quantitative estimate of drug-likeness (QED) is 0.134. The van der Waals surface area contributed by atoms with E-state index in [2.05, 4.69) is 7.74 Å². The number of carbonyl (C=O) groups excluding carboxylic acids is 2. The molecular weight excluding hydrogens is 578 g/mol. The number of nitrogens with one attached hydrogen (secondary N) is 1. The average Bonchev–Trinajstić information content (AvgIpc) is 2.54. The Labute approximate surface area is 165 Å². The second kappa shape index (κ2) is 15.3. The number of rotatable bonds is 14. The molecule has 0 aliphatic rings. The monoisotopic (exact) mass is 599 g/mol. The van der Waals surface area contributed by atoms with Crippen molar-refractivity contribution in [3.05, 3.63) is 0 Å². The van der Waals surface area contributed by atoms with Gasteiger partial charge in [-0.2, -0.15) is 0 Å². The van der Waals surface area contributed by atoms with Gasteiger partial charge in [0.2, 0.25) is 0 Å². The van der Waals surface area contributed by atoms with Crippen molar-refractivity contribution in [3.63, 3.8) is 0 Å². The van der Waals surface area contributed by atoms with Crippen molar-refractivity contribution < 1.29 is 28.3 Å². The van der Waals surface area contributed by atoms with Crippen LogP contribution in [0.15, 0.2) is 0 Å². The van der Waals surface area contributed by atoms with Gasteiger partial charge in [0, 0.05) is 7.11 Å². The molecule has 0 aromatic rings. The summed E-state index contributed by atoms with van der Waals surface area (Å²) in [6.45, 7) is -2.28. The molecule has 0 spiro atoms. The molecule has 7 nitrogen and oxygen atoms in total. The molecule has 0 saturated heterocycles. The number of hydrogen-bond donors (Lipinski definition) is 2. The molecule has 1 amide bonds. The third-order valence-corrected chi connectivity index (χ3v) is 7.44. The Bertz CT molecular complexity index is 404. The van der Waals surface area contributed by atoms with Crippen LogP contribution in [-0.2, 0) is 35.2 Å². The van der Waals surface area contributed by atoms with Gasteiger partial charge in [-0.1, -0.05) is 0 Å². The van der Waals surface area contributed by atoms with Gasteiger partial charge in [0.25, 0.3) is 0 Å². The van der Waals surface area contributed by atoms with Gasteiger partial charge in [-0.3, -0.25) is 0 Å². The zero-order valence-electron chi connectivity index (χ0n) is 12.7. The van der Waals surface area contributed by atoms with E-state index in [9.17, 15) is 14.5 Å². The Morgan fingerprint density at radius 3 is 2.39 bits per heavy atom. The van der Waals surface area contributed by atoms with Gasteiger partial charge in [0.1, 0.15) is 0 Å². The molecule has 1 radical (unpaired) electrons. The Kier molecular flexibility index (Phi) is 16.0. The predicted molar refractivity (Wildman–Crippen MR) is 97.7 cm³/mol. The summed E-state index contributed by atoms with van der Waals surface area (Å²) in [7, 11) is 4.71. The van der Waals surface area contributed by atoms with Crippen LogP contribution in [-0.4, -0.2) is 74.0 Å². The zero-order chi connectivity index (χ0) is 17.6. The van der Waals surface area contributed by atoms with Crippen molar-refractivity contribution >= 4 is 77.3 Å². The van der Waals surface area contributed by atoms with E-state index in [1.807, 2.05) is 0 Å². The van der Waals surface area contributed by atoms with Crippen LogP contribution in [0.25, 0.3) is 0 Å². The molecule has 0 heterocycles. The molecule has 23 heavy (non-hydrogen) atoms. The zero-order valence-corrected chi connectivity index (χ0v) is 19.2. The topological polar surface area (TPSA) is 94.1 Å². The van der Waals surface area contributed by atoms with Gasteiger partial charge in [-0.05, 0) is 18.2 Å². The summed E-state index contributed by atoms with van der Waals surface area (Å²) in [4.78, 5) is 31.6. The maximum atomic E-state index is 11.3. The first-order valence-electron chi connectivity index (χ1n) is 6.75. The number of esters is 1. The number of hydrogen-bond acceptors (Lipinski definition) is 8. The van der Waals surface area contributed by atoms with E-state index in [4.69, 9.17) is 21.1 Å². The van der Waals surface area contributed by atoms with Crippen molar-refractivity contribution in [1.82, 2.24) is 3.22 Å². The van der Waals surface area contributed by atoms with Crippen LogP contribution in [0.4, 0.5) is 0 Å². The van der Waals surface area contributed by atoms with Gasteiger partial charge >= 0.3 is 120 Å². The molecule has 1 atom stereocenters. The summed E-state index contributed by atoms with van der Waals surface area (Å²) >= 11 is 5.67. The van der Waals surface area contributed by atoms with Crippen molar-refractivity contribution in [2.75, 3.05) is 31.8 Å². The van der Waals surface area contributed by atoms with E-state index >= 15 is 0 Å². The van der Waals surface area contributed by atoms with Gasteiger partial charge in [-0.15, -0.1) is 0 Å². The molecule has 0 aromatic heterocycles. The fourth-order valence-electron chi connectivity index (χ4n) is 1.11.